The minimum absolute atomic E-state index is 0.907. The van der Waals surface area contributed by atoms with Crippen LogP contribution in [0.1, 0.15) is 53.4 Å². The second-order valence-electron chi connectivity index (χ2n) is 2.97. The fraction of sp³-hybridized carbons (Fsp3) is 1.00. The molecule has 0 fully saturated rings. The molecule has 0 aromatic carbocycles. The van der Waals surface area contributed by atoms with Gasteiger partial charge in [0, 0.05) is 0 Å². The van der Waals surface area contributed by atoms with E-state index in [1.807, 2.05) is 20.9 Å². The molecule has 1 nitrogen and oxygen atoms in total. The number of rotatable bonds is 6. The van der Waals surface area contributed by atoms with E-state index in [9.17, 15) is 0 Å². The van der Waals surface area contributed by atoms with E-state index >= 15 is 0 Å². The van der Waals surface area contributed by atoms with Gasteiger partial charge in [0.05, 0.1) is 0 Å². The summed E-state index contributed by atoms with van der Waals surface area (Å²) >= 11 is 0. The molecule has 0 aliphatic heterocycles. The summed E-state index contributed by atoms with van der Waals surface area (Å²) in [6.45, 7) is 9.72. The Morgan fingerprint density at radius 2 is 1.75 bits per heavy atom. The van der Waals surface area contributed by atoms with Crippen LogP contribution in [0, 0.1) is 5.92 Å². The summed E-state index contributed by atoms with van der Waals surface area (Å²) in [4.78, 5) is 0. The summed E-state index contributed by atoms with van der Waals surface area (Å²) in [5.41, 5.74) is 0. The molecule has 0 spiro atoms. The Morgan fingerprint density at radius 3 is 2.08 bits per heavy atom. The molecule has 12 heavy (non-hydrogen) atoms. The van der Waals surface area contributed by atoms with Gasteiger partial charge in [-0.15, -0.1) is 0 Å². The minimum atomic E-state index is 0.907. The predicted molar refractivity (Wildman–Crippen MR) is 58.6 cm³/mol. The van der Waals surface area contributed by atoms with Crippen molar-refractivity contribution >= 4 is 0 Å². The lowest BCUT2D eigenvalue weighted by Crippen LogP contribution is -2.17. The van der Waals surface area contributed by atoms with Crippen molar-refractivity contribution in [2.45, 2.75) is 53.4 Å². The van der Waals surface area contributed by atoms with Crippen molar-refractivity contribution in [3.05, 3.63) is 0 Å². The first-order chi connectivity index (χ1) is 5.85. The standard InChI is InChI=1S/C9H21N.C2H6/c1-4-6-7-9(5-2)8-10-3;1-2/h9-10H,4-8H2,1-3H3;1-2H3. The number of hydrogen-bond acceptors (Lipinski definition) is 1. The van der Waals surface area contributed by atoms with Crippen molar-refractivity contribution in [1.82, 2.24) is 5.32 Å². The highest BCUT2D eigenvalue weighted by atomic mass is 14.8. The summed E-state index contributed by atoms with van der Waals surface area (Å²) in [5.74, 6) is 0.907. The molecule has 1 N–H and O–H groups in total. The van der Waals surface area contributed by atoms with Crippen LogP contribution >= 0.6 is 0 Å². The SMILES string of the molecule is CC.CCCCC(CC)CNC. The van der Waals surface area contributed by atoms with Gasteiger partial charge in [-0.05, 0) is 25.9 Å². The zero-order valence-corrected chi connectivity index (χ0v) is 9.61. The van der Waals surface area contributed by atoms with Crippen LogP contribution in [0.5, 0.6) is 0 Å². The number of hydrogen-bond donors (Lipinski definition) is 1. The van der Waals surface area contributed by atoms with Crippen molar-refractivity contribution in [2.75, 3.05) is 13.6 Å². The van der Waals surface area contributed by atoms with Crippen LogP contribution in [0.4, 0.5) is 0 Å². The maximum atomic E-state index is 3.23. The molecular formula is C11H27N. The molecule has 0 aliphatic rings. The quantitative estimate of drug-likeness (QED) is 0.648. The van der Waals surface area contributed by atoms with E-state index in [0.29, 0.717) is 0 Å². The van der Waals surface area contributed by atoms with E-state index in [0.717, 1.165) is 5.92 Å². The van der Waals surface area contributed by atoms with Gasteiger partial charge in [-0.3, -0.25) is 0 Å². The van der Waals surface area contributed by atoms with Crippen LogP contribution in [0.15, 0.2) is 0 Å². The zero-order chi connectivity index (χ0) is 9.82. The first kappa shape index (κ1) is 14.5. The van der Waals surface area contributed by atoms with Gasteiger partial charge in [-0.25, -0.2) is 0 Å². The average Bonchev–Trinajstić information content (AvgIpc) is 2.15. The minimum Gasteiger partial charge on any atom is -0.319 e. The highest BCUT2D eigenvalue weighted by molar-refractivity contribution is 4.58. The number of nitrogens with one attached hydrogen (secondary N) is 1. The van der Waals surface area contributed by atoms with E-state index in [1.165, 1.54) is 32.2 Å². The van der Waals surface area contributed by atoms with Gasteiger partial charge >= 0.3 is 0 Å². The smallest absolute Gasteiger partial charge is 0.00236 e. The van der Waals surface area contributed by atoms with Crippen LogP contribution in [0.3, 0.4) is 0 Å². The first-order valence-corrected chi connectivity index (χ1v) is 5.49. The third kappa shape index (κ3) is 9.96. The topological polar surface area (TPSA) is 12.0 Å². The average molecular weight is 173 g/mol. The highest BCUT2D eigenvalue weighted by Crippen LogP contribution is 2.10. The van der Waals surface area contributed by atoms with Gasteiger partial charge in [-0.1, -0.05) is 47.0 Å². The lowest BCUT2D eigenvalue weighted by Gasteiger charge is -2.12. The summed E-state index contributed by atoms with van der Waals surface area (Å²) < 4.78 is 0. The van der Waals surface area contributed by atoms with Crippen LogP contribution < -0.4 is 5.32 Å². The zero-order valence-electron chi connectivity index (χ0n) is 9.61. The Kier molecular flexibility index (Phi) is 16.3. The fourth-order valence-corrected chi connectivity index (χ4v) is 1.23. The summed E-state index contributed by atoms with van der Waals surface area (Å²) in [6.07, 6.45) is 5.44. The molecule has 1 atom stereocenters. The van der Waals surface area contributed by atoms with Gasteiger partial charge in [0.2, 0.25) is 0 Å². The molecule has 0 saturated carbocycles. The molecule has 0 aliphatic carbocycles. The molecule has 0 saturated heterocycles. The van der Waals surface area contributed by atoms with Crippen molar-refractivity contribution in [1.29, 1.82) is 0 Å². The Labute approximate surface area is 78.9 Å². The second kappa shape index (κ2) is 13.5. The monoisotopic (exact) mass is 173 g/mol. The molecule has 0 amide bonds. The van der Waals surface area contributed by atoms with Crippen LogP contribution in [-0.4, -0.2) is 13.6 Å². The summed E-state index contributed by atoms with van der Waals surface area (Å²) in [6, 6.07) is 0. The van der Waals surface area contributed by atoms with E-state index in [-0.39, 0.29) is 0 Å². The highest BCUT2D eigenvalue weighted by Gasteiger charge is 2.02. The molecule has 0 radical (unpaired) electrons. The lowest BCUT2D eigenvalue weighted by atomic mass is 10.00. The molecule has 0 aromatic rings. The third-order valence-corrected chi connectivity index (χ3v) is 2.04. The van der Waals surface area contributed by atoms with Crippen LogP contribution in [0.25, 0.3) is 0 Å². The van der Waals surface area contributed by atoms with Gasteiger partial charge in [0.15, 0.2) is 0 Å². The number of unbranched alkanes of at least 4 members (excludes halogenated alkanes) is 1. The van der Waals surface area contributed by atoms with E-state index < -0.39 is 0 Å². The van der Waals surface area contributed by atoms with Crippen molar-refractivity contribution < 1.29 is 0 Å². The Hall–Kier alpha value is -0.0400. The molecule has 1 heteroatoms. The lowest BCUT2D eigenvalue weighted by molar-refractivity contribution is 0.434. The van der Waals surface area contributed by atoms with Crippen LogP contribution in [0.2, 0.25) is 0 Å². The molecule has 76 valence electrons. The van der Waals surface area contributed by atoms with Gasteiger partial charge in [-0.2, -0.15) is 0 Å². The van der Waals surface area contributed by atoms with Crippen molar-refractivity contribution in [3.63, 3.8) is 0 Å². The van der Waals surface area contributed by atoms with Gasteiger partial charge < -0.3 is 5.32 Å². The molecule has 1 unspecified atom stereocenters. The second-order valence-corrected chi connectivity index (χ2v) is 2.97. The van der Waals surface area contributed by atoms with E-state index in [1.54, 1.807) is 0 Å². The van der Waals surface area contributed by atoms with Crippen molar-refractivity contribution in [2.24, 2.45) is 5.92 Å². The summed E-state index contributed by atoms with van der Waals surface area (Å²) in [7, 11) is 2.04. The molecule has 0 aromatic heterocycles. The Morgan fingerprint density at radius 1 is 1.17 bits per heavy atom. The van der Waals surface area contributed by atoms with Gasteiger partial charge in [0.25, 0.3) is 0 Å². The normalized spacial score (nSPS) is 11.8. The predicted octanol–water partition coefficient (Wildman–Crippen LogP) is 3.45. The Balaban J connectivity index is 0. The van der Waals surface area contributed by atoms with Crippen molar-refractivity contribution in [3.8, 4) is 0 Å². The van der Waals surface area contributed by atoms with E-state index in [2.05, 4.69) is 19.2 Å². The van der Waals surface area contributed by atoms with E-state index in [4.69, 9.17) is 0 Å². The Bertz CT molecular complexity index is 62.0. The maximum Gasteiger partial charge on any atom is -0.00236 e. The van der Waals surface area contributed by atoms with Gasteiger partial charge in [0.1, 0.15) is 0 Å². The fourth-order valence-electron chi connectivity index (χ4n) is 1.23. The maximum absolute atomic E-state index is 3.23. The van der Waals surface area contributed by atoms with Crippen LogP contribution in [-0.2, 0) is 0 Å². The molecular weight excluding hydrogens is 146 g/mol. The molecule has 0 rings (SSSR count). The molecule has 0 bridgehead atoms. The summed E-state index contributed by atoms with van der Waals surface area (Å²) in [5, 5.41) is 3.23. The first-order valence-electron chi connectivity index (χ1n) is 5.49. The molecule has 0 heterocycles. The third-order valence-electron chi connectivity index (χ3n) is 2.04. The largest absolute Gasteiger partial charge is 0.319 e.